The number of carboxylic acids is 1. The first-order valence-electron chi connectivity index (χ1n) is 6.07. The van der Waals surface area contributed by atoms with Gasteiger partial charge in [0.15, 0.2) is 0 Å². The van der Waals surface area contributed by atoms with Gasteiger partial charge in [0.25, 0.3) is 0 Å². The number of aromatic carboxylic acids is 1. The van der Waals surface area contributed by atoms with Crippen molar-refractivity contribution in [3.8, 4) is 0 Å². The van der Waals surface area contributed by atoms with Crippen LogP contribution in [-0.2, 0) is 4.74 Å². The van der Waals surface area contributed by atoms with Gasteiger partial charge in [-0.15, -0.1) is 0 Å². The summed E-state index contributed by atoms with van der Waals surface area (Å²) in [5.74, 6) is -2.10. The van der Waals surface area contributed by atoms with Crippen LogP contribution in [0.5, 0.6) is 0 Å². The molecule has 0 spiro atoms. The minimum atomic E-state index is -1.31. The molecule has 0 aliphatic rings. The van der Waals surface area contributed by atoms with Crippen LogP contribution >= 0.6 is 0 Å². The average Bonchev–Trinajstić information content (AvgIpc) is 2.41. The number of likely N-dealkylation sites (N-methyl/N-ethyl adjacent to an activating group) is 1. The molecular formula is C13H17FN2O4. The van der Waals surface area contributed by atoms with Crippen molar-refractivity contribution in [2.75, 3.05) is 32.1 Å². The first-order chi connectivity index (χ1) is 9.51. The highest BCUT2D eigenvalue weighted by Gasteiger charge is 2.19. The first kappa shape index (κ1) is 15.9. The Morgan fingerprint density at radius 1 is 1.45 bits per heavy atom. The molecule has 1 rings (SSSR count). The van der Waals surface area contributed by atoms with Gasteiger partial charge in [-0.05, 0) is 19.1 Å². The first-order valence-corrected chi connectivity index (χ1v) is 6.07. The normalized spacial score (nSPS) is 10.2. The third-order valence-corrected chi connectivity index (χ3v) is 2.71. The second-order valence-electron chi connectivity index (χ2n) is 3.97. The maximum Gasteiger partial charge on any atom is 0.337 e. The predicted molar refractivity (Wildman–Crippen MR) is 71.5 cm³/mol. The van der Waals surface area contributed by atoms with Gasteiger partial charge in [0, 0.05) is 20.2 Å². The number of para-hydroxylation sites is 1. The monoisotopic (exact) mass is 284 g/mol. The standard InChI is InChI=1S/C13H17FN2O4/c1-3-16(7-8-20-2)13(19)15-11-9(12(17)18)5-4-6-10(11)14/h4-6H,3,7-8H2,1-2H3,(H,15,19)(H,17,18). The number of ether oxygens (including phenoxy) is 1. The van der Waals surface area contributed by atoms with E-state index in [1.807, 2.05) is 0 Å². The molecule has 2 amide bonds. The number of methoxy groups -OCH3 is 1. The fraction of sp³-hybridized carbons (Fsp3) is 0.385. The second kappa shape index (κ2) is 7.44. The van der Waals surface area contributed by atoms with E-state index in [1.165, 1.54) is 24.1 Å². The van der Waals surface area contributed by atoms with Crippen molar-refractivity contribution in [1.82, 2.24) is 4.90 Å². The topological polar surface area (TPSA) is 78.9 Å². The third-order valence-electron chi connectivity index (χ3n) is 2.71. The largest absolute Gasteiger partial charge is 0.478 e. The summed E-state index contributed by atoms with van der Waals surface area (Å²) in [6.07, 6.45) is 0. The summed E-state index contributed by atoms with van der Waals surface area (Å²) in [4.78, 5) is 24.4. The Morgan fingerprint density at radius 2 is 2.15 bits per heavy atom. The number of amides is 2. The minimum absolute atomic E-state index is 0.291. The number of carbonyl (C=O) groups excluding carboxylic acids is 1. The molecule has 110 valence electrons. The van der Waals surface area contributed by atoms with E-state index in [0.717, 1.165) is 6.07 Å². The Kier molecular flexibility index (Phi) is 5.92. The van der Waals surface area contributed by atoms with E-state index in [1.54, 1.807) is 6.92 Å². The lowest BCUT2D eigenvalue weighted by Gasteiger charge is -2.21. The van der Waals surface area contributed by atoms with Crippen LogP contribution in [-0.4, -0.2) is 48.8 Å². The maximum atomic E-state index is 13.7. The summed E-state index contributed by atoms with van der Waals surface area (Å²) < 4.78 is 18.5. The molecule has 0 fully saturated rings. The van der Waals surface area contributed by atoms with Gasteiger partial charge in [0.05, 0.1) is 17.9 Å². The molecule has 6 nitrogen and oxygen atoms in total. The Labute approximate surface area is 116 Å². The lowest BCUT2D eigenvalue weighted by molar-refractivity contribution is 0.0697. The van der Waals surface area contributed by atoms with Crippen LogP contribution in [0.15, 0.2) is 18.2 Å². The van der Waals surface area contributed by atoms with Gasteiger partial charge in [-0.3, -0.25) is 0 Å². The van der Waals surface area contributed by atoms with E-state index in [9.17, 15) is 14.0 Å². The number of benzene rings is 1. The third kappa shape index (κ3) is 3.92. The molecule has 0 heterocycles. The number of nitrogens with one attached hydrogen (secondary N) is 1. The van der Waals surface area contributed by atoms with E-state index in [0.29, 0.717) is 19.7 Å². The van der Waals surface area contributed by atoms with Gasteiger partial charge >= 0.3 is 12.0 Å². The number of hydrogen-bond donors (Lipinski definition) is 2. The van der Waals surface area contributed by atoms with Crippen molar-refractivity contribution in [3.05, 3.63) is 29.6 Å². The second-order valence-corrected chi connectivity index (χ2v) is 3.97. The molecule has 0 aromatic heterocycles. The van der Waals surface area contributed by atoms with Gasteiger partial charge in [0.1, 0.15) is 5.82 Å². The SMILES string of the molecule is CCN(CCOC)C(=O)Nc1c(F)cccc1C(=O)O. The Balaban J connectivity index is 2.92. The summed E-state index contributed by atoms with van der Waals surface area (Å²) in [7, 11) is 1.51. The molecule has 0 bridgehead atoms. The van der Waals surface area contributed by atoms with E-state index in [2.05, 4.69) is 5.32 Å². The molecule has 0 aliphatic heterocycles. The summed E-state index contributed by atoms with van der Waals surface area (Å²) in [6, 6.07) is 3.02. The zero-order valence-corrected chi connectivity index (χ0v) is 11.4. The molecule has 7 heteroatoms. The number of rotatable bonds is 6. The van der Waals surface area contributed by atoms with Crippen LogP contribution < -0.4 is 5.32 Å². The van der Waals surface area contributed by atoms with Gasteiger partial charge in [0.2, 0.25) is 0 Å². The predicted octanol–water partition coefficient (Wildman–Crippen LogP) is 2.02. The van der Waals surface area contributed by atoms with Crippen LogP contribution in [0.3, 0.4) is 0 Å². The number of hydrogen-bond acceptors (Lipinski definition) is 3. The molecule has 0 unspecified atom stereocenters. The zero-order chi connectivity index (χ0) is 15.1. The number of carbonyl (C=O) groups is 2. The number of anilines is 1. The van der Waals surface area contributed by atoms with Crippen molar-refractivity contribution in [2.24, 2.45) is 0 Å². The van der Waals surface area contributed by atoms with E-state index in [-0.39, 0.29) is 11.3 Å². The summed E-state index contributed by atoms with van der Waals surface area (Å²) >= 11 is 0. The fourth-order valence-electron chi connectivity index (χ4n) is 1.62. The Hall–Kier alpha value is -2.15. The van der Waals surface area contributed by atoms with Gasteiger partial charge in [-0.2, -0.15) is 0 Å². The highest BCUT2D eigenvalue weighted by Crippen LogP contribution is 2.20. The molecule has 1 aromatic carbocycles. The van der Waals surface area contributed by atoms with E-state index < -0.39 is 17.8 Å². The van der Waals surface area contributed by atoms with Crippen LogP contribution in [0.1, 0.15) is 17.3 Å². The van der Waals surface area contributed by atoms with Crippen LogP contribution in [0, 0.1) is 5.82 Å². The zero-order valence-electron chi connectivity index (χ0n) is 11.4. The van der Waals surface area contributed by atoms with Crippen molar-refractivity contribution in [3.63, 3.8) is 0 Å². The molecule has 20 heavy (non-hydrogen) atoms. The molecule has 0 saturated heterocycles. The summed E-state index contributed by atoms with van der Waals surface area (Å²) in [6.45, 7) is 2.82. The molecule has 2 N–H and O–H groups in total. The van der Waals surface area contributed by atoms with Crippen LogP contribution in [0.2, 0.25) is 0 Å². The molecule has 0 atom stereocenters. The Morgan fingerprint density at radius 3 is 2.70 bits per heavy atom. The molecule has 0 saturated carbocycles. The summed E-state index contributed by atoms with van der Waals surface area (Å²) in [5.41, 5.74) is -0.623. The highest BCUT2D eigenvalue weighted by atomic mass is 19.1. The number of halogens is 1. The lowest BCUT2D eigenvalue weighted by Crippen LogP contribution is -2.37. The van der Waals surface area contributed by atoms with E-state index >= 15 is 0 Å². The van der Waals surface area contributed by atoms with Gasteiger partial charge in [-0.25, -0.2) is 14.0 Å². The van der Waals surface area contributed by atoms with Gasteiger partial charge in [-0.1, -0.05) is 6.07 Å². The minimum Gasteiger partial charge on any atom is -0.478 e. The fourth-order valence-corrected chi connectivity index (χ4v) is 1.62. The number of carboxylic acid groups (broad SMARTS) is 1. The lowest BCUT2D eigenvalue weighted by atomic mass is 10.1. The van der Waals surface area contributed by atoms with Crippen LogP contribution in [0.4, 0.5) is 14.9 Å². The van der Waals surface area contributed by atoms with Crippen molar-refractivity contribution < 1.29 is 23.8 Å². The smallest absolute Gasteiger partial charge is 0.337 e. The maximum absolute atomic E-state index is 13.7. The highest BCUT2D eigenvalue weighted by molar-refractivity contribution is 6.00. The van der Waals surface area contributed by atoms with E-state index in [4.69, 9.17) is 9.84 Å². The van der Waals surface area contributed by atoms with Crippen molar-refractivity contribution >= 4 is 17.7 Å². The van der Waals surface area contributed by atoms with Gasteiger partial charge < -0.3 is 20.1 Å². The molecular weight excluding hydrogens is 267 g/mol. The molecule has 1 aromatic rings. The summed E-state index contributed by atoms with van der Waals surface area (Å²) in [5, 5.41) is 11.3. The van der Waals surface area contributed by atoms with Crippen molar-refractivity contribution in [1.29, 1.82) is 0 Å². The number of urea groups is 1. The van der Waals surface area contributed by atoms with Crippen LogP contribution in [0.25, 0.3) is 0 Å². The Bertz CT molecular complexity index is 493. The molecule has 0 aliphatic carbocycles. The quantitative estimate of drug-likeness (QED) is 0.837. The average molecular weight is 284 g/mol. The molecule has 0 radical (unpaired) electrons. The van der Waals surface area contributed by atoms with Crippen molar-refractivity contribution in [2.45, 2.75) is 6.92 Å². The number of nitrogens with zero attached hydrogens (tertiary/aromatic N) is 1.